The summed E-state index contributed by atoms with van der Waals surface area (Å²) in [5, 5.41) is 17.3. The van der Waals surface area contributed by atoms with Gasteiger partial charge in [0.1, 0.15) is 23.3 Å². The molecule has 0 radical (unpaired) electrons. The molecule has 0 unspecified atom stereocenters. The first-order chi connectivity index (χ1) is 15.5. The van der Waals surface area contributed by atoms with Crippen LogP contribution in [0.4, 0.5) is 10.2 Å². The first-order valence-electron chi connectivity index (χ1n) is 11.1. The monoisotopic (exact) mass is 569 g/mol. The molecule has 2 aromatic rings. The molecule has 0 saturated heterocycles. The second-order valence-electron chi connectivity index (χ2n) is 7.99. The maximum atomic E-state index is 13.2. The van der Waals surface area contributed by atoms with Gasteiger partial charge < -0.3 is 20.7 Å². The number of aromatic nitrogens is 2. The van der Waals surface area contributed by atoms with Crippen molar-refractivity contribution in [2.75, 3.05) is 45.6 Å². The number of nitrogens with zero attached hydrogens (tertiary/aromatic N) is 5. The number of nitrogens with two attached hydrogens (primary N) is 1. The SMILES string of the molecule is CCNC(=NCCCc1nn(-c2ccc(F)cc2)c(N)c1C#N)N(C)CCOCC1CC1.I. The Morgan fingerprint density at radius 1 is 1.39 bits per heavy atom. The summed E-state index contributed by atoms with van der Waals surface area (Å²) in [5.74, 6) is 1.52. The maximum Gasteiger partial charge on any atom is 0.193 e. The molecule has 1 heterocycles. The summed E-state index contributed by atoms with van der Waals surface area (Å²) in [6, 6.07) is 7.99. The Hall–Kier alpha value is -2.39. The molecular formula is C23H33FIN7O. The molecule has 1 aliphatic carbocycles. The molecular weight excluding hydrogens is 536 g/mol. The Bertz CT molecular complexity index is 951. The lowest BCUT2D eigenvalue weighted by molar-refractivity contribution is 0.115. The fraction of sp³-hybridized carbons (Fsp3) is 0.522. The highest BCUT2D eigenvalue weighted by Crippen LogP contribution is 2.28. The first-order valence-corrected chi connectivity index (χ1v) is 11.1. The standard InChI is InChI=1S/C23H32FN7O.HI/c1-3-27-23(30(2)13-14-32-16-17-6-7-17)28-12-4-5-21-20(15-25)22(26)31(29-21)19-10-8-18(24)9-11-19;/h8-11,17H,3-7,12-14,16,26H2,1-2H3,(H,27,28);1H. The van der Waals surface area contributed by atoms with Gasteiger partial charge in [-0.15, -0.1) is 24.0 Å². The van der Waals surface area contributed by atoms with Crippen LogP contribution in [0.1, 0.15) is 37.4 Å². The van der Waals surface area contributed by atoms with Crippen LogP contribution in [-0.2, 0) is 11.2 Å². The predicted octanol–water partition coefficient (Wildman–Crippen LogP) is 3.34. The maximum absolute atomic E-state index is 13.2. The van der Waals surface area contributed by atoms with E-state index in [4.69, 9.17) is 15.5 Å². The topological polar surface area (TPSA) is 104 Å². The number of aryl methyl sites for hydroxylation is 1. The van der Waals surface area contributed by atoms with E-state index in [2.05, 4.69) is 21.4 Å². The van der Waals surface area contributed by atoms with Crippen molar-refractivity contribution in [2.24, 2.45) is 10.9 Å². The van der Waals surface area contributed by atoms with E-state index in [-0.39, 0.29) is 35.6 Å². The van der Waals surface area contributed by atoms with Gasteiger partial charge in [0.05, 0.1) is 18.0 Å². The first kappa shape index (κ1) is 26.9. The van der Waals surface area contributed by atoms with E-state index in [0.29, 0.717) is 36.5 Å². The third kappa shape index (κ3) is 7.85. The fourth-order valence-corrected chi connectivity index (χ4v) is 3.30. The molecule has 33 heavy (non-hydrogen) atoms. The molecule has 1 aliphatic rings. The van der Waals surface area contributed by atoms with Gasteiger partial charge in [-0.1, -0.05) is 0 Å². The van der Waals surface area contributed by atoms with Gasteiger partial charge in [-0.25, -0.2) is 9.07 Å². The van der Waals surface area contributed by atoms with Crippen LogP contribution < -0.4 is 11.1 Å². The van der Waals surface area contributed by atoms with E-state index in [1.807, 2.05) is 14.0 Å². The number of aliphatic imine (C=N–C) groups is 1. The molecule has 1 aromatic heterocycles. The molecule has 1 saturated carbocycles. The number of nitrogens with one attached hydrogen (secondary N) is 1. The molecule has 3 N–H and O–H groups in total. The summed E-state index contributed by atoms with van der Waals surface area (Å²) in [7, 11) is 2.00. The number of rotatable bonds is 11. The zero-order valence-corrected chi connectivity index (χ0v) is 21.6. The Balaban J connectivity index is 0.00000385. The lowest BCUT2D eigenvalue weighted by atomic mass is 10.1. The van der Waals surface area contributed by atoms with Gasteiger partial charge in [-0.3, -0.25) is 4.99 Å². The van der Waals surface area contributed by atoms with Crippen LogP contribution in [0.15, 0.2) is 29.3 Å². The van der Waals surface area contributed by atoms with Crippen LogP contribution in [0.2, 0.25) is 0 Å². The molecule has 0 bridgehead atoms. The van der Waals surface area contributed by atoms with Crippen LogP contribution in [0.5, 0.6) is 0 Å². The second kappa shape index (κ2) is 13.3. The largest absolute Gasteiger partial charge is 0.382 e. The van der Waals surface area contributed by atoms with Gasteiger partial charge in [0.25, 0.3) is 0 Å². The molecule has 0 spiro atoms. The molecule has 1 fully saturated rings. The molecule has 1 aromatic carbocycles. The quantitative estimate of drug-likeness (QED) is 0.186. The molecule has 3 rings (SSSR count). The average molecular weight is 569 g/mol. The van der Waals surface area contributed by atoms with E-state index in [1.165, 1.54) is 29.7 Å². The summed E-state index contributed by atoms with van der Waals surface area (Å²) in [5.41, 5.74) is 7.72. The van der Waals surface area contributed by atoms with Gasteiger partial charge in [0, 0.05) is 33.3 Å². The Labute approximate surface area is 212 Å². The highest BCUT2D eigenvalue weighted by Gasteiger charge is 2.21. The Morgan fingerprint density at radius 3 is 2.76 bits per heavy atom. The number of benzene rings is 1. The van der Waals surface area contributed by atoms with Crippen molar-refractivity contribution in [3.05, 3.63) is 41.3 Å². The third-order valence-corrected chi connectivity index (χ3v) is 5.33. The molecule has 8 nitrogen and oxygen atoms in total. The van der Waals surface area contributed by atoms with Gasteiger partial charge in [-0.2, -0.15) is 10.4 Å². The van der Waals surface area contributed by atoms with E-state index >= 15 is 0 Å². The van der Waals surface area contributed by atoms with Crippen molar-refractivity contribution in [3.63, 3.8) is 0 Å². The molecule has 0 aliphatic heterocycles. The number of nitriles is 1. The number of hydrogen-bond acceptors (Lipinski definition) is 5. The fourth-order valence-electron chi connectivity index (χ4n) is 3.30. The van der Waals surface area contributed by atoms with E-state index < -0.39 is 0 Å². The number of halogens is 2. The Kier molecular flexibility index (Phi) is 10.9. The number of nitrogen functional groups attached to an aromatic ring is 1. The molecule has 180 valence electrons. The molecule has 0 atom stereocenters. The summed E-state index contributed by atoms with van der Waals surface area (Å²) >= 11 is 0. The van der Waals surface area contributed by atoms with E-state index in [0.717, 1.165) is 38.0 Å². The van der Waals surface area contributed by atoms with Crippen molar-refractivity contribution >= 4 is 35.8 Å². The summed E-state index contributed by atoms with van der Waals surface area (Å²) in [6.45, 7) is 5.72. The van der Waals surface area contributed by atoms with Crippen LogP contribution in [0.25, 0.3) is 5.69 Å². The highest BCUT2D eigenvalue weighted by molar-refractivity contribution is 14.0. The third-order valence-electron chi connectivity index (χ3n) is 5.33. The van der Waals surface area contributed by atoms with Crippen molar-refractivity contribution in [1.82, 2.24) is 20.0 Å². The minimum atomic E-state index is -0.339. The average Bonchev–Trinajstić information content (AvgIpc) is 3.56. The van der Waals surface area contributed by atoms with Gasteiger partial charge >= 0.3 is 0 Å². The van der Waals surface area contributed by atoms with Crippen LogP contribution >= 0.6 is 24.0 Å². The zero-order valence-electron chi connectivity index (χ0n) is 19.3. The van der Waals surface area contributed by atoms with Crippen LogP contribution in [-0.4, -0.2) is 60.5 Å². The summed E-state index contributed by atoms with van der Waals surface area (Å²) in [4.78, 5) is 6.76. The number of likely N-dealkylation sites (N-methyl/N-ethyl adjacent to an activating group) is 1. The number of hydrogen-bond donors (Lipinski definition) is 2. The van der Waals surface area contributed by atoms with Crippen LogP contribution in [0, 0.1) is 23.1 Å². The zero-order chi connectivity index (χ0) is 22.9. The van der Waals surface area contributed by atoms with Crippen molar-refractivity contribution in [2.45, 2.75) is 32.6 Å². The normalized spacial score (nSPS) is 13.3. The highest BCUT2D eigenvalue weighted by atomic mass is 127. The minimum absolute atomic E-state index is 0. The lowest BCUT2D eigenvalue weighted by Crippen LogP contribution is -2.40. The second-order valence-corrected chi connectivity index (χ2v) is 7.99. The van der Waals surface area contributed by atoms with Crippen molar-refractivity contribution in [3.8, 4) is 11.8 Å². The number of ether oxygens (including phenoxy) is 1. The Morgan fingerprint density at radius 2 is 2.12 bits per heavy atom. The summed E-state index contributed by atoms with van der Waals surface area (Å²) in [6.07, 6.45) is 3.87. The van der Waals surface area contributed by atoms with Crippen molar-refractivity contribution in [1.29, 1.82) is 5.26 Å². The molecule has 10 heteroatoms. The van der Waals surface area contributed by atoms with Gasteiger partial charge in [0.15, 0.2) is 5.96 Å². The predicted molar refractivity (Wildman–Crippen MR) is 139 cm³/mol. The van der Waals surface area contributed by atoms with Gasteiger partial charge in [0.2, 0.25) is 0 Å². The molecule has 0 amide bonds. The minimum Gasteiger partial charge on any atom is -0.382 e. The number of guanidine groups is 1. The number of anilines is 1. The van der Waals surface area contributed by atoms with E-state index in [9.17, 15) is 9.65 Å². The van der Waals surface area contributed by atoms with E-state index in [1.54, 1.807) is 12.1 Å². The van der Waals surface area contributed by atoms with Crippen LogP contribution in [0.3, 0.4) is 0 Å². The van der Waals surface area contributed by atoms with Gasteiger partial charge in [-0.05, 0) is 62.8 Å². The van der Waals surface area contributed by atoms with Crippen molar-refractivity contribution < 1.29 is 9.13 Å². The smallest absolute Gasteiger partial charge is 0.193 e. The summed E-state index contributed by atoms with van der Waals surface area (Å²) < 4.78 is 20.4. The lowest BCUT2D eigenvalue weighted by Gasteiger charge is -2.22.